The van der Waals surface area contributed by atoms with E-state index in [9.17, 15) is 0 Å². The van der Waals surface area contributed by atoms with E-state index < -0.39 is 0 Å². The first-order valence-corrected chi connectivity index (χ1v) is 6.63. The van der Waals surface area contributed by atoms with Crippen LogP contribution in [0.25, 0.3) is 5.69 Å². The summed E-state index contributed by atoms with van der Waals surface area (Å²) in [5.41, 5.74) is 10.1. The molecule has 0 radical (unpaired) electrons. The van der Waals surface area contributed by atoms with Crippen molar-refractivity contribution < 1.29 is 0 Å². The predicted octanol–water partition coefficient (Wildman–Crippen LogP) is 3.67. The zero-order valence-corrected chi connectivity index (χ0v) is 11.2. The van der Waals surface area contributed by atoms with E-state index >= 15 is 0 Å². The van der Waals surface area contributed by atoms with E-state index in [4.69, 9.17) is 5.73 Å². The highest BCUT2D eigenvalue weighted by Gasteiger charge is 2.00. The summed E-state index contributed by atoms with van der Waals surface area (Å²) in [5, 5.41) is 3.41. The Bertz CT molecular complexity index is 687. The fourth-order valence-electron chi connectivity index (χ4n) is 2.18. The Kier molecular flexibility index (Phi) is 3.42. The topological polar surface area (TPSA) is 43.0 Å². The highest BCUT2D eigenvalue weighted by molar-refractivity contribution is 5.53. The molecule has 0 saturated heterocycles. The second-order valence-corrected chi connectivity index (χ2v) is 4.69. The number of nitrogen functional groups attached to an aromatic ring is 1. The maximum absolute atomic E-state index is 5.95. The molecule has 0 aliphatic rings. The molecule has 3 nitrogen and oxygen atoms in total. The number of hydrogen-bond donors (Lipinski definition) is 2. The van der Waals surface area contributed by atoms with Crippen molar-refractivity contribution in [3.63, 3.8) is 0 Å². The van der Waals surface area contributed by atoms with Crippen LogP contribution in [0.1, 0.15) is 5.56 Å². The highest BCUT2D eigenvalue weighted by atomic mass is 14.9. The summed E-state index contributed by atoms with van der Waals surface area (Å²) in [5.74, 6) is 0. The lowest BCUT2D eigenvalue weighted by Gasteiger charge is -2.10. The van der Waals surface area contributed by atoms with Crippen LogP contribution in [-0.2, 0) is 6.54 Å². The normalized spacial score (nSPS) is 10.4. The van der Waals surface area contributed by atoms with Crippen LogP contribution in [0.2, 0.25) is 0 Å². The lowest BCUT2D eigenvalue weighted by atomic mass is 10.2. The summed E-state index contributed by atoms with van der Waals surface area (Å²) < 4.78 is 2.09. The molecule has 1 aromatic heterocycles. The van der Waals surface area contributed by atoms with Crippen LogP contribution in [0.15, 0.2) is 73.1 Å². The Balaban J connectivity index is 1.75. The monoisotopic (exact) mass is 263 g/mol. The average Bonchev–Trinajstić information content (AvgIpc) is 3.01. The van der Waals surface area contributed by atoms with Crippen LogP contribution >= 0.6 is 0 Å². The van der Waals surface area contributed by atoms with Crippen molar-refractivity contribution in [1.82, 2.24) is 4.57 Å². The quantitative estimate of drug-likeness (QED) is 0.705. The molecule has 0 bridgehead atoms. The zero-order valence-electron chi connectivity index (χ0n) is 11.2. The number of hydrogen-bond acceptors (Lipinski definition) is 2. The Morgan fingerprint density at radius 1 is 0.900 bits per heavy atom. The average molecular weight is 263 g/mol. The second kappa shape index (κ2) is 5.53. The van der Waals surface area contributed by atoms with Crippen LogP contribution in [0.4, 0.5) is 11.4 Å². The van der Waals surface area contributed by atoms with Gasteiger partial charge in [-0.05, 0) is 42.0 Å². The fourth-order valence-corrected chi connectivity index (χ4v) is 2.18. The van der Waals surface area contributed by atoms with E-state index in [1.807, 2.05) is 54.9 Å². The summed E-state index contributed by atoms with van der Waals surface area (Å²) in [6.07, 6.45) is 4.07. The third-order valence-electron chi connectivity index (χ3n) is 3.29. The molecule has 3 aromatic rings. The molecule has 0 spiro atoms. The van der Waals surface area contributed by atoms with Crippen LogP contribution in [0, 0.1) is 0 Å². The van der Waals surface area contributed by atoms with E-state index in [1.54, 1.807) is 0 Å². The lowest BCUT2D eigenvalue weighted by Crippen LogP contribution is -2.03. The Morgan fingerprint density at radius 2 is 1.70 bits per heavy atom. The van der Waals surface area contributed by atoms with Crippen molar-refractivity contribution in [1.29, 1.82) is 0 Å². The van der Waals surface area contributed by atoms with Gasteiger partial charge in [0.05, 0.1) is 0 Å². The third kappa shape index (κ3) is 2.67. The molecule has 100 valence electrons. The van der Waals surface area contributed by atoms with Gasteiger partial charge in [-0.25, -0.2) is 0 Å². The summed E-state index contributed by atoms with van der Waals surface area (Å²) in [4.78, 5) is 0. The third-order valence-corrected chi connectivity index (χ3v) is 3.29. The number of nitrogens with zero attached hydrogens (tertiary/aromatic N) is 1. The zero-order chi connectivity index (χ0) is 13.8. The predicted molar refractivity (Wildman–Crippen MR) is 84.0 cm³/mol. The largest absolute Gasteiger partial charge is 0.398 e. The molecule has 0 unspecified atom stereocenters. The molecule has 0 aliphatic heterocycles. The standard InChI is InChI=1S/C17H17N3/c18-17-9-2-1-6-14(17)13-19-15-7-5-8-16(12-15)20-10-3-4-11-20/h1-12,19H,13,18H2. The molecule has 3 N–H and O–H groups in total. The second-order valence-electron chi connectivity index (χ2n) is 4.69. The van der Waals surface area contributed by atoms with E-state index in [1.165, 1.54) is 0 Å². The van der Waals surface area contributed by atoms with E-state index in [0.29, 0.717) is 0 Å². The number of nitrogens with one attached hydrogen (secondary N) is 1. The van der Waals surface area contributed by atoms with Gasteiger partial charge in [-0.3, -0.25) is 0 Å². The van der Waals surface area contributed by atoms with Crippen molar-refractivity contribution in [2.24, 2.45) is 0 Å². The molecule has 0 atom stereocenters. The van der Waals surface area contributed by atoms with Crippen LogP contribution in [-0.4, -0.2) is 4.57 Å². The molecule has 1 heterocycles. The van der Waals surface area contributed by atoms with Crippen molar-refractivity contribution >= 4 is 11.4 Å². The van der Waals surface area contributed by atoms with Gasteiger partial charge in [0.15, 0.2) is 0 Å². The number of anilines is 2. The Labute approximate surface area is 118 Å². The molecule has 3 heteroatoms. The number of nitrogens with two attached hydrogens (primary N) is 1. The maximum atomic E-state index is 5.95. The first-order chi connectivity index (χ1) is 9.83. The van der Waals surface area contributed by atoms with Crippen molar-refractivity contribution in [2.75, 3.05) is 11.1 Å². The Morgan fingerprint density at radius 3 is 2.50 bits per heavy atom. The molecule has 0 fully saturated rings. The summed E-state index contributed by atoms with van der Waals surface area (Å²) >= 11 is 0. The van der Waals surface area contributed by atoms with E-state index in [2.05, 4.69) is 28.1 Å². The molecule has 0 amide bonds. The number of para-hydroxylation sites is 1. The van der Waals surface area contributed by atoms with Crippen LogP contribution in [0.3, 0.4) is 0 Å². The Hall–Kier alpha value is -2.68. The van der Waals surface area contributed by atoms with Gasteiger partial charge in [0.2, 0.25) is 0 Å². The van der Waals surface area contributed by atoms with Gasteiger partial charge in [0.1, 0.15) is 0 Å². The molecular weight excluding hydrogens is 246 g/mol. The summed E-state index contributed by atoms with van der Waals surface area (Å²) in [7, 11) is 0. The molecule has 2 aromatic carbocycles. The summed E-state index contributed by atoms with van der Waals surface area (Å²) in [6.45, 7) is 0.724. The van der Waals surface area contributed by atoms with Gasteiger partial charge >= 0.3 is 0 Å². The smallest absolute Gasteiger partial charge is 0.0469 e. The first kappa shape index (κ1) is 12.4. The first-order valence-electron chi connectivity index (χ1n) is 6.63. The van der Waals surface area contributed by atoms with Gasteiger partial charge in [0.25, 0.3) is 0 Å². The van der Waals surface area contributed by atoms with Gasteiger partial charge in [-0.1, -0.05) is 24.3 Å². The van der Waals surface area contributed by atoms with Crippen molar-refractivity contribution in [3.8, 4) is 5.69 Å². The minimum atomic E-state index is 0.724. The molecule has 20 heavy (non-hydrogen) atoms. The molecule has 0 aliphatic carbocycles. The fraction of sp³-hybridized carbons (Fsp3) is 0.0588. The van der Waals surface area contributed by atoms with Crippen molar-refractivity contribution in [2.45, 2.75) is 6.54 Å². The van der Waals surface area contributed by atoms with Gasteiger partial charge < -0.3 is 15.6 Å². The SMILES string of the molecule is Nc1ccccc1CNc1cccc(-n2cccc2)c1. The van der Waals surface area contributed by atoms with Crippen molar-refractivity contribution in [3.05, 3.63) is 78.6 Å². The van der Waals surface area contributed by atoms with Crippen LogP contribution in [0.5, 0.6) is 0 Å². The maximum Gasteiger partial charge on any atom is 0.0469 e. The van der Waals surface area contributed by atoms with E-state index in [-0.39, 0.29) is 0 Å². The van der Waals surface area contributed by atoms with E-state index in [0.717, 1.165) is 29.2 Å². The molecular formula is C17H17N3. The number of aromatic nitrogens is 1. The lowest BCUT2D eigenvalue weighted by molar-refractivity contribution is 1.07. The van der Waals surface area contributed by atoms with Gasteiger partial charge in [-0.15, -0.1) is 0 Å². The summed E-state index contributed by atoms with van der Waals surface area (Å²) in [6, 6.07) is 20.3. The minimum Gasteiger partial charge on any atom is -0.398 e. The molecule has 3 rings (SSSR count). The minimum absolute atomic E-state index is 0.724. The highest BCUT2D eigenvalue weighted by Crippen LogP contribution is 2.17. The number of rotatable bonds is 4. The molecule has 0 saturated carbocycles. The number of benzene rings is 2. The van der Waals surface area contributed by atoms with Gasteiger partial charge in [-0.2, -0.15) is 0 Å². The van der Waals surface area contributed by atoms with Gasteiger partial charge in [0, 0.05) is 36.0 Å². The van der Waals surface area contributed by atoms with Crippen LogP contribution < -0.4 is 11.1 Å².